The van der Waals surface area contributed by atoms with Crippen molar-refractivity contribution in [2.75, 3.05) is 13.1 Å². The highest BCUT2D eigenvalue weighted by molar-refractivity contribution is 9.10. The highest BCUT2D eigenvalue weighted by atomic mass is 79.9. The predicted molar refractivity (Wildman–Crippen MR) is 86.1 cm³/mol. The Morgan fingerprint density at radius 2 is 1.95 bits per heavy atom. The fraction of sp³-hybridized carbons (Fsp3) is 0.533. The summed E-state index contributed by atoms with van der Waals surface area (Å²) in [6.45, 7) is 1.54. The highest BCUT2D eigenvalue weighted by Gasteiger charge is 2.48. The van der Waals surface area contributed by atoms with Gasteiger partial charge in [0.05, 0.1) is 5.41 Å². The van der Waals surface area contributed by atoms with Crippen LogP contribution in [0.4, 0.5) is 0 Å². The molecule has 2 fully saturated rings. The number of hydrogen-bond acceptors (Lipinski definition) is 2. The number of nitrogens with zero attached hydrogens (tertiary/aromatic N) is 1. The molecule has 1 aromatic rings. The van der Waals surface area contributed by atoms with E-state index in [-0.39, 0.29) is 29.8 Å². The van der Waals surface area contributed by atoms with Crippen molar-refractivity contribution in [3.05, 3.63) is 34.3 Å². The Bertz CT molecular complexity index is 487. The van der Waals surface area contributed by atoms with Crippen LogP contribution in [-0.2, 0) is 10.2 Å². The van der Waals surface area contributed by atoms with Crippen molar-refractivity contribution in [3.8, 4) is 0 Å². The molecule has 0 aromatic heterocycles. The minimum absolute atomic E-state index is 0. The van der Waals surface area contributed by atoms with Crippen LogP contribution < -0.4 is 5.73 Å². The molecule has 1 atom stereocenters. The van der Waals surface area contributed by atoms with Crippen LogP contribution in [0.15, 0.2) is 28.7 Å². The Morgan fingerprint density at radius 3 is 2.40 bits per heavy atom. The van der Waals surface area contributed by atoms with E-state index < -0.39 is 0 Å². The van der Waals surface area contributed by atoms with E-state index in [1.165, 1.54) is 0 Å². The van der Waals surface area contributed by atoms with E-state index in [2.05, 4.69) is 28.1 Å². The number of halogens is 2. The maximum absolute atomic E-state index is 12.8. The Hall–Kier alpha value is -0.580. The third kappa shape index (κ3) is 2.61. The first-order chi connectivity index (χ1) is 9.12. The molecule has 0 spiro atoms. The number of hydrogen-bond donors (Lipinski definition) is 1. The first kappa shape index (κ1) is 15.8. The summed E-state index contributed by atoms with van der Waals surface area (Å²) in [5, 5.41) is 0. The minimum Gasteiger partial charge on any atom is -0.340 e. The molecule has 0 unspecified atom stereocenters. The van der Waals surface area contributed by atoms with E-state index in [1.807, 2.05) is 17.0 Å². The zero-order valence-electron chi connectivity index (χ0n) is 11.3. The van der Waals surface area contributed by atoms with Gasteiger partial charge in [-0.25, -0.2) is 0 Å². The average Bonchev–Trinajstić information content (AvgIpc) is 2.77. The van der Waals surface area contributed by atoms with Crippen LogP contribution in [-0.4, -0.2) is 29.9 Å². The van der Waals surface area contributed by atoms with Crippen molar-refractivity contribution in [3.63, 3.8) is 0 Å². The van der Waals surface area contributed by atoms with Gasteiger partial charge in [-0.3, -0.25) is 4.79 Å². The van der Waals surface area contributed by atoms with E-state index in [0.29, 0.717) is 0 Å². The van der Waals surface area contributed by atoms with Crippen molar-refractivity contribution in [1.82, 2.24) is 4.90 Å². The molecule has 3 rings (SSSR count). The van der Waals surface area contributed by atoms with Crippen molar-refractivity contribution in [2.24, 2.45) is 5.73 Å². The standard InChI is InChI=1S/C15H19BrN2O.ClH/c16-12-4-2-11(3-5-12)15(7-1-8-15)14(19)18-9-6-13(17)10-18;/h2-5,13H,1,6-10,17H2;1H/t13-;/m1./s1. The summed E-state index contributed by atoms with van der Waals surface area (Å²) in [7, 11) is 0. The first-order valence-corrected chi connectivity index (χ1v) is 7.72. The Labute approximate surface area is 134 Å². The molecule has 1 heterocycles. The van der Waals surface area contributed by atoms with Crippen LogP contribution >= 0.6 is 28.3 Å². The van der Waals surface area contributed by atoms with E-state index in [9.17, 15) is 4.79 Å². The summed E-state index contributed by atoms with van der Waals surface area (Å²) in [5.74, 6) is 0.286. The summed E-state index contributed by atoms with van der Waals surface area (Å²) in [6, 6.07) is 8.37. The van der Waals surface area contributed by atoms with Crippen LogP contribution in [0.1, 0.15) is 31.2 Å². The topological polar surface area (TPSA) is 46.3 Å². The van der Waals surface area contributed by atoms with Crippen molar-refractivity contribution >= 4 is 34.2 Å². The molecule has 1 amide bonds. The van der Waals surface area contributed by atoms with E-state index >= 15 is 0 Å². The molecule has 1 aliphatic heterocycles. The second kappa shape index (κ2) is 6.04. The van der Waals surface area contributed by atoms with Gasteiger partial charge in [0.15, 0.2) is 0 Å². The molecular weight excluding hydrogens is 340 g/mol. The van der Waals surface area contributed by atoms with Gasteiger partial charge in [0.2, 0.25) is 5.91 Å². The van der Waals surface area contributed by atoms with Crippen LogP contribution in [0.5, 0.6) is 0 Å². The number of benzene rings is 1. The van der Waals surface area contributed by atoms with Crippen LogP contribution in [0.3, 0.4) is 0 Å². The number of likely N-dealkylation sites (tertiary alicyclic amines) is 1. The van der Waals surface area contributed by atoms with Gasteiger partial charge in [0.1, 0.15) is 0 Å². The van der Waals surface area contributed by atoms with Crippen molar-refractivity contribution in [2.45, 2.75) is 37.1 Å². The maximum Gasteiger partial charge on any atom is 0.233 e. The lowest BCUT2D eigenvalue weighted by molar-refractivity contribution is -0.139. The Kier molecular flexibility index (Phi) is 4.77. The van der Waals surface area contributed by atoms with Gasteiger partial charge in [-0.2, -0.15) is 0 Å². The summed E-state index contributed by atoms with van der Waals surface area (Å²) in [5.41, 5.74) is 6.81. The quantitative estimate of drug-likeness (QED) is 0.882. The lowest BCUT2D eigenvalue weighted by Crippen LogP contribution is -2.50. The molecule has 0 radical (unpaired) electrons. The number of amides is 1. The molecule has 110 valence electrons. The van der Waals surface area contributed by atoms with Gasteiger partial charge in [0, 0.05) is 23.6 Å². The van der Waals surface area contributed by atoms with E-state index in [1.54, 1.807) is 0 Å². The number of carbonyl (C=O) groups excluding carboxylic acids is 1. The monoisotopic (exact) mass is 358 g/mol. The third-order valence-electron chi connectivity index (χ3n) is 4.53. The zero-order chi connectivity index (χ0) is 13.5. The molecule has 2 aliphatic rings. The molecule has 5 heteroatoms. The van der Waals surface area contributed by atoms with Gasteiger partial charge in [-0.05, 0) is 37.0 Å². The van der Waals surface area contributed by atoms with E-state index in [0.717, 1.165) is 48.8 Å². The summed E-state index contributed by atoms with van der Waals surface area (Å²) in [6.07, 6.45) is 4.02. The van der Waals surface area contributed by atoms with E-state index in [4.69, 9.17) is 5.73 Å². The van der Waals surface area contributed by atoms with Crippen LogP contribution in [0.25, 0.3) is 0 Å². The van der Waals surface area contributed by atoms with Gasteiger partial charge in [0.25, 0.3) is 0 Å². The zero-order valence-corrected chi connectivity index (χ0v) is 13.8. The summed E-state index contributed by atoms with van der Waals surface area (Å²) in [4.78, 5) is 14.8. The fourth-order valence-electron chi connectivity index (χ4n) is 3.20. The molecule has 1 aliphatic carbocycles. The normalized spacial score (nSPS) is 23.9. The predicted octanol–water partition coefficient (Wildman–Crippen LogP) is 2.85. The SMILES string of the molecule is Cl.N[C@@H]1CCN(C(=O)C2(c3ccc(Br)cc3)CCC2)C1. The van der Waals surface area contributed by atoms with Gasteiger partial charge in [-0.15, -0.1) is 12.4 Å². The number of rotatable bonds is 2. The molecule has 0 bridgehead atoms. The average molecular weight is 360 g/mol. The minimum atomic E-state index is -0.273. The van der Waals surface area contributed by atoms with Crippen molar-refractivity contribution < 1.29 is 4.79 Å². The second-order valence-electron chi connectivity index (χ2n) is 5.74. The first-order valence-electron chi connectivity index (χ1n) is 6.93. The molecule has 20 heavy (non-hydrogen) atoms. The molecular formula is C15H20BrClN2O. The summed E-state index contributed by atoms with van der Waals surface area (Å²) >= 11 is 3.45. The molecule has 1 saturated carbocycles. The third-order valence-corrected chi connectivity index (χ3v) is 5.05. The highest BCUT2D eigenvalue weighted by Crippen LogP contribution is 2.45. The second-order valence-corrected chi connectivity index (χ2v) is 6.66. The Balaban J connectivity index is 0.00000147. The molecule has 1 aromatic carbocycles. The molecule has 1 saturated heterocycles. The fourth-order valence-corrected chi connectivity index (χ4v) is 3.46. The number of nitrogens with two attached hydrogens (primary N) is 1. The van der Waals surface area contributed by atoms with Gasteiger partial charge in [-0.1, -0.05) is 34.5 Å². The van der Waals surface area contributed by atoms with Gasteiger partial charge < -0.3 is 10.6 Å². The largest absolute Gasteiger partial charge is 0.340 e. The lowest BCUT2D eigenvalue weighted by Gasteiger charge is -2.43. The summed E-state index contributed by atoms with van der Waals surface area (Å²) < 4.78 is 1.06. The maximum atomic E-state index is 12.8. The van der Waals surface area contributed by atoms with Crippen LogP contribution in [0, 0.1) is 0 Å². The molecule has 3 nitrogen and oxygen atoms in total. The molecule has 2 N–H and O–H groups in total. The van der Waals surface area contributed by atoms with Crippen LogP contribution in [0.2, 0.25) is 0 Å². The van der Waals surface area contributed by atoms with Gasteiger partial charge >= 0.3 is 0 Å². The smallest absolute Gasteiger partial charge is 0.233 e. The Morgan fingerprint density at radius 1 is 1.30 bits per heavy atom. The van der Waals surface area contributed by atoms with Crippen molar-refractivity contribution in [1.29, 1.82) is 0 Å². The lowest BCUT2D eigenvalue weighted by atomic mass is 9.63. The number of carbonyl (C=O) groups is 1.